The Bertz CT molecular complexity index is 983. The second kappa shape index (κ2) is 10.5. The molecule has 0 saturated carbocycles. The molecule has 0 spiro atoms. The van der Waals surface area contributed by atoms with Gasteiger partial charge in [0.2, 0.25) is 11.8 Å². The molecular weight excluding hydrogens is 451 g/mol. The van der Waals surface area contributed by atoms with Gasteiger partial charge < -0.3 is 10.2 Å². The van der Waals surface area contributed by atoms with E-state index in [0.717, 1.165) is 38.1 Å². The minimum atomic E-state index is -4.54. The van der Waals surface area contributed by atoms with E-state index >= 15 is 0 Å². The van der Waals surface area contributed by atoms with Crippen LogP contribution in [-0.4, -0.2) is 93.6 Å². The number of amides is 2. The standard InChI is InChI=1S/C22H28F3N7O2/c23-22(24,25)17-4-5-19(32-16-26-15-27-32)18(12-17)28-20(33)13-29-8-10-30(11-9-29)14-21(34)31-6-2-1-3-7-31/h4-5,12,15-16H,1-3,6-11,13-14H2,(H,28,33). The molecule has 0 aliphatic carbocycles. The topological polar surface area (TPSA) is 86.6 Å². The molecule has 1 aromatic heterocycles. The Balaban J connectivity index is 1.32. The summed E-state index contributed by atoms with van der Waals surface area (Å²) in [6.45, 7) is 4.57. The third kappa shape index (κ3) is 6.11. The SMILES string of the molecule is O=C(CN1CCN(CC(=O)N2CCCCC2)CC1)Nc1cc(C(F)(F)F)ccc1-n1cncn1. The molecule has 2 saturated heterocycles. The predicted molar refractivity (Wildman–Crippen MR) is 118 cm³/mol. The lowest BCUT2D eigenvalue weighted by atomic mass is 10.1. The molecule has 3 heterocycles. The largest absolute Gasteiger partial charge is 0.416 e. The van der Waals surface area contributed by atoms with Gasteiger partial charge in [-0.05, 0) is 37.5 Å². The number of nitrogens with zero attached hydrogens (tertiary/aromatic N) is 6. The monoisotopic (exact) mass is 479 g/mol. The van der Waals surface area contributed by atoms with Crippen LogP contribution in [0.4, 0.5) is 18.9 Å². The van der Waals surface area contributed by atoms with Gasteiger partial charge in [-0.3, -0.25) is 19.4 Å². The van der Waals surface area contributed by atoms with Crippen LogP contribution in [0, 0.1) is 0 Å². The molecular formula is C22H28F3N7O2. The molecule has 2 aliphatic rings. The number of aromatic nitrogens is 3. The molecule has 2 aliphatic heterocycles. The van der Waals surface area contributed by atoms with Crippen molar-refractivity contribution in [2.24, 2.45) is 0 Å². The maximum Gasteiger partial charge on any atom is 0.416 e. The van der Waals surface area contributed by atoms with Crippen molar-refractivity contribution in [3.05, 3.63) is 36.4 Å². The van der Waals surface area contributed by atoms with Crippen LogP contribution >= 0.6 is 0 Å². The highest BCUT2D eigenvalue weighted by atomic mass is 19.4. The van der Waals surface area contributed by atoms with E-state index in [1.165, 1.54) is 29.8 Å². The summed E-state index contributed by atoms with van der Waals surface area (Å²) in [5.41, 5.74) is -0.561. The fourth-order valence-electron chi connectivity index (χ4n) is 4.28. The van der Waals surface area contributed by atoms with Gasteiger partial charge in [-0.2, -0.15) is 18.3 Å². The van der Waals surface area contributed by atoms with Gasteiger partial charge in [0.05, 0.1) is 30.0 Å². The Morgan fingerprint density at radius 3 is 2.24 bits per heavy atom. The van der Waals surface area contributed by atoms with E-state index in [1.807, 2.05) is 9.80 Å². The third-order valence-corrected chi connectivity index (χ3v) is 6.16. The number of alkyl halides is 3. The molecule has 9 nitrogen and oxygen atoms in total. The van der Waals surface area contributed by atoms with Gasteiger partial charge in [0, 0.05) is 39.3 Å². The lowest BCUT2D eigenvalue weighted by Gasteiger charge is -2.35. The van der Waals surface area contributed by atoms with Crippen LogP contribution in [0.2, 0.25) is 0 Å². The van der Waals surface area contributed by atoms with Gasteiger partial charge in [0.1, 0.15) is 12.7 Å². The van der Waals surface area contributed by atoms with Crippen molar-refractivity contribution in [2.75, 3.05) is 57.7 Å². The van der Waals surface area contributed by atoms with Gasteiger partial charge in [0.15, 0.2) is 0 Å². The molecule has 0 unspecified atom stereocenters. The lowest BCUT2D eigenvalue weighted by Crippen LogP contribution is -2.51. The number of hydrogen-bond acceptors (Lipinski definition) is 6. The van der Waals surface area contributed by atoms with Gasteiger partial charge in [-0.1, -0.05) is 0 Å². The number of hydrogen-bond donors (Lipinski definition) is 1. The normalized spacial score (nSPS) is 18.1. The number of halogens is 3. The molecule has 34 heavy (non-hydrogen) atoms. The molecule has 0 bridgehead atoms. The van der Waals surface area contributed by atoms with Gasteiger partial charge in [0.25, 0.3) is 0 Å². The van der Waals surface area contributed by atoms with Gasteiger partial charge in [-0.25, -0.2) is 9.67 Å². The number of piperidine rings is 1. The maximum atomic E-state index is 13.2. The highest BCUT2D eigenvalue weighted by Gasteiger charge is 2.31. The fourth-order valence-corrected chi connectivity index (χ4v) is 4.28. The molecule has 12 heteroatoms. The fraction of sp³-hybridized carbons (Fsp3) is 0.545. The highest BCUT2D eigenvalue weighted by Crippen LogP contribution is 2.33. The summed E-state index contributed by atoms with van der Waals surface area (Å²) in [6.07, 6.45) is 1.35. The van der Waals surface area contributed by atoms with Crippen LogP contribution in [0.5, 0.6) is 0 Å². The summed E-state index contributed by atoms with van der Waals surface area (Å²) in [5, 5.41) is 6.56. The molecule has 2 aromatic rings. The number of carbonyl (C=O) groups is 2. The Morgan fingerprint density at radius 2 is 1.62 bits per heavy atom. The van der Waals surface area contributed by atoms with Crippen LogP contribution in [0.1, 0.15) is 24.8 Å². The van der Waals surface area contributed by atoms with Crippen LogP contribution < -0.4 is 5.32 Å². The summed E-state index contributed by atoms with van der Waals surface area (Å²) < 4.78 is 40.9. The first-order chi connectivity index (χ1) is 16.3. The molecule has 0 radical (unpaired) electrons. The van der Waals surface area contributed by atoms with E-state index < -0.39 is 17.6 Å². The summed E-state index contributed by atoms with van der Waals surface area (Å²) in [5.74, 6) is -0.269. The zero-order chi connectivity index (χ0) is 24.1. The first kappa shape index (κ1) is 24.1. The van der Waals surface area contributed by atoms with E-state index in [1.54, 1.807) is 0 Å². The summed E-state index contributed by atoms with van der Waals surface area (Å²) in [4.78, 5) is 34.9. The molecule has 2 fully saturated rings. The molecule has 1 N–H and O–H groups in total. The number of likely N-dealkylation sites (tertiary alicyclic amines) is 1. The molecule has 184 valence electrons. The Kier molecular flexibility index (Phi) is 7.47. The molecule has 2 amide bonds. The van der Waals surface area contributed by atoms with Gasteiger partial charge in [-0.15, -0.1) is 0 Å². The quantitative estimate of drug-likeness (QED) is 0.681. The van der Waals surface area contributed by atoms with Crippen LogP contribution in [0.3, 0.4) is 0 Å². The molecule has 1 aromatic carbocycles. The van der Waals surface area contributed by atoms with Crippen LogP contribution in [0.15, 0.2) is 30.9 Å². The van der Waals surface area contributed by atoms with Crippen molar-refractivity contribution in [3.8, 4) is 5.69 Å². The van der Waals surface area contributed by atoms with E-state index in [-0.39, 0.29) is 18.1 Å². The zero-order valence-electron chi connectivity index (χ0n) is 18.8. The van der Waals surface area contributed by atoms with Crippen molar-refractivity contribution in [3.63, 3.8) is 0 Å². The second-order valence-corrected chi connectivity index (χ2v) is 8.61. The second-order valence-electron chi connectivity index (χ2n) is 8.61. The first-order valence-corrected chi connectivity index (χ1v) is 11.4. The van der Waals surface area contributed by atoms with Crippen molar-refractivity contribution in [2.45, 2.75) is 25.4 Å². The summed E-state index contributed by atoms with van der Waals surface area (Å²) >= 11 is 0. The minimum absolute atomic E-state index is 0.0103. The zero-order valence-corrected chi connectivity index (χ0v) is 18.8. The number of piperazine rings is 1. The van der Waals surface area contributed by atoms with Crippen molar-refractivity contribution in [1.29, 1.82) is 0 Å². The lowest BCUT2D eigenvalue weighted by molar-refractivity contribution is -0.137. The number of nitrogens with one attached hydrogen (secondary N) is 1. The number of benzene rings is 1. The van der Waals surface area contributed by atoms with E-state index in [9.17, 15) is 22.8 Å². The van der Waals surface area contributed by atoms with Crippen molar-refractivity contribution < 1.29 is 22.8 Å². The van der Waals surface area contributed by atoms with E-state index in [0.29, 0.717) is 38.4 Å². The van der Waals surface area contributed by atoms with Crippen molar-refractivity contribution >= 4 is 17.5 Å². The average Bonchev–Trinajstić information content (AvgIpc) is 3.35. The van der Waals surface area contributed by atoms with Crippen LogP contribution in [0.25, 0.3) is 5.69 Å². The van der Waals surface area contributed by atoms with E-state index in [2.05, 4.69) is 20.3 Å². The average molecular weight is 480 g/mol. The number of anilines is 1. The third-order valence-electron chi connectivity index (χ3n) is 6.16. The first-order valence-electron chi connectivity index (χ1n) is 11.4. The Morgan fingerprint density at radius 1 is 0.941 bits per heavy atom. The predicted octanol–water partition coefficient (Wildman–Crippen LogP) is 1.85. The summed E-state index contributed by atoms with van der Waals surface area (Å²) in [7, 11) is 0. The Hall–Kier alpha value is -2.99. The molecule has 0 atom stereocenters. The van der Waals surface area contributed by atoms with Crippen molar-refractivity contribution in [1.82, 2.24) is 29.5 Å². The maximum absolute atomic E-state index is 13.2. The highest BCUT2D eigenvalue weighted by molar-refractivity contribution is 5.94. The number of rotatable bonds is 6. The Labute approximate surface area is 195 Å². The van der Waals surface area contributed by atoms with Gasteiger partial charge >= 0.3 is 6.18 Å². The smallest absolute Gasteiger partial charge is 0.342 e. The van der Waals surface area contributed by atoms with Crippen LogP contribution in [-0.2, 0) is 15.8 Å². The molecule has 4 rings (SSSR count). The number of carbonyl (C=O) groups excluding carboxylic acids is 2. The summed E-state index contributed by atoms with van der Waals surface area (Å²) in [6, 6.07) is 3.10. The van der Waals surface area contributed by atoms with E-state index in [4.69, 9.17) is 0 Å². The minimum Gasteiger partial charge on any atom is -0.342 e.